The molecular weight excluding hydrogens is 380 g/mol. The van der Waals surface area contributed by atoms with Crippen LogP contribution in [0.5, 0.6) is 5.75 Å². The van der Waals surface area contributed by atoms with E-state index >= 15 is 0 Å². The molecule has 0 amide bonds. The van der Waals surface area contributed by atoms with Gasteiger partial charge in [0, 0.05) is 14.2 Å². The smallest absolute Gasteiger partial charge is 0.343 e. The highest BCUT2D eigenvalue weighted by Crippen LogP contribution is 2.24. The molecule has 0 radical (unpaired) electrons. The van der Waals surface area contributed by atoms with Crippen molar-refractivity contribution in [1.29, 1.82) is 10.5 Å². The number of ether oxygens (including phenoxy) is 2. The van der Waals surface area contributed by atoms with Crippen LogP contribution in [0.3, 0.4) is 0 Å². The highest BCUT2D eigenvalue weighted by Gasteiger charge is 2.07. The fourth-order valence-electron chi connectivity index (χ4n) is 2.21. The number of nitrogens with zero attached hydrogens (tertiary/aromatic N) is 4. The van der Waals surface area contributed by atoms with Crippen LogP contribution in [0.1, 0.15) is 21.5 Å². The SMILES string of the molecule is COC.N#Cc1ccc(N=Nc2ccc(OC(=O)c3ccccc3)cc2)c(C#N)c1. The molecule has 3 rings (SSSR count). The van der Waals surface area contributed by atoms with Crippen molar-refractivity contribution in [2.24, 2.45) is 10.2 Å². The molecule has 3 aromatic carbocycles. The van der Waals surface area contributed by atoms with E-state index in [0.29, 0.717) is 28.3 Å². The zero-order chi connectivity index (χ0) is 21.8. The monoisotopic (exact) mass is 398 g/mol. The number of carbonyl (C=O) groups is 1. The van der Waals surface area contributed by atoms with Gasteiger partial charge in [-0.3, -0.25) is 0 Å². The molecule has 148 valence electrons. The van der Waals surface area contributed by atoms with Gasteiger partial charge in [-0.1, -0.05) is 18.2 Å². The normalized spacial score (nSPS) is 9.73. The molecule has 7 heteroatoms. The minimum Gasteiger partial charge on any atom is -0.423 e. The molecule has 0 spiro atoms. The van der Waals surface area contributed by atoms with Crippen LogP contribution in [0.15, 0.2) is 83.0 Å². The summed E-state index contributed by atoms with van der Waals surface area (Å²) in [7, 11) is 3.25. The topological polar surface area (TPSA) is 108 Å². The summed E-state index contributed by atoms with van der Waals surface area (Å²) in [5.74, 6) is -0.0555. The predicted molar refractivity (Wildman–Crippen MR) is 111 cm³/mol. The quantitative estimate of drug-likeness (QED) is 0.335. The Bertz CT molecular complexity index is 1100. The van der Waals surface area contributed by atoms with Crippen LogP contribution in [-0.2, 0) is 4.74 Å². The van der Waals surface area contributed by atoms with Crippen LogP contribution in [-0.4, -0.2) is 20.2 Å². The van der Waals surface area contributed by atoms with E-state index in [0.717, 1.165) is 0 Å². The minimum absolute atomic E-state index is 0.270. The van der Waals surface area contributed by atoms with E-state index in [1.807, 2.05) is 18.2 Å². The van der Waals surface area contributed by atoms with E-state index in [2.05, 4.69) is 15.0 Å². The number of benzene rings is 3. The summed E-state index contributed by atoms with van der Waals surface area (Å²) in [5.41, 5.74) is 2.02. The van der Waals surface area contributed by atoms with Crippen LogP contribution in [0, 0.1) is 22.7 Å². The van der Waals surface area contributed by atoms with Gasteiger partial charge >= 0.3 is 5.97 Å². The van der Waals surface area contributed by atoms with Crippen LogP contribution < -0.4 is 4.74 Å². The molecule has 0 aliphatic rings. The third kappa shape index (κ3) is 6.38. The summed E-state index contributed by atoms with van der Waals surface area (Å²) in [4.78, 5) is 12.0. The molecule has 30 heavy (non-hydrogen) atoms. The molecule has 0 aromatic heterocycles. The molecule has 0 atom stereocenters. The van der Waals surface area contributed by atoms with Crippen LogP contribution >= 0.6 is 0 Å². The lowest BCUT2D eigenvalue weighted by Crippen LogP contribution is -2.07. The van der Waals surface area contributed by atoms with Gasteiger partial charge < -0.3 is 9.47 Å². The Labute approximate surface area is 174 Å². The Morgan fingerprint density at radius 1 is 0.867 bits per heavy atom. The van der Waals surface area contributed by atoms with Crippen molar-refractivity contribution in [1.82, 2.24) is 0 Å². The number of carbonyl (C=O) groups excluding carboxylic acids is 1. The van der Waals surface area contributed by atoms with Crippen LogP contribution in [0.2, 0.25) is 0 Å². The van der Waals surface area contributed by atoms with Crippen molar-refractivity contribution in [3.05, 3.63) is 89.5 Å². The highest BCUT2D eigenvalue weighted by atomic mass is 16.5. The second-order valence-corrected chi connectivity index (χ2v) is 5.81. The molecular formula is C23H18N4O3. The molecule has 0 aliphatic carbocycles. The third-order valence-corrected chi connectivity index (χ3v) is 3.58. The van der Waals surface area contributed by atoms with E-state index in [-0.39, 0.29) is 5.56 Å². The van der Waals surface area contributed by atoms with E-state index < -0.39 is 5.97 Å². The van der Waals surface area contributed by atoms with Gasteiger partial charge in [0.15, 0.2) is 0 Å². The average Bonchev–Trinajstić information content (AvgIpc) is 2.79. The third-order valence-electron chi connectivity index (χ3n) is 3.58. The average molecular weight is 398 g/mol. The van der Waals surface area contributed by atoms with E-state index in [1.165, 1.54) is 6.07 Å². The molecule has 0 bridgehead atoms. The zero-order valence-electron chi connectivity index (χ0n) is 16.4. The van der Waals surface area contributed by atoms with Crippen molar-refractivity contribution in [3.8, 4) is 17.9 Å². The molecule has 0 saturated carbocycles. The van der Waals surface area contributed by atoms with Gasteiger partial charge in [-0.25, -0.2) is 4.79 Å². The molecule has 3 aromatic rings. The molecule has 0 N–H and O–H groups in total. The Kier molecular flexibility index (Phi) is 8.42. The second-order valence-electron chi connectivity index (χ2n) is 5.81. The first-order valence-corrected chi connectivity index (χ1v) is 8.74. The summed E-state index contributed by atoms with van der Waals surface area (Å²) in [6, 6.07) is 23.8. The van der Waals surface area contributed by atoms with Gasteiger partial charge in [0.05, 0.1) is 28.4 Å². The fraction of sp³-hybridized carbons (Fsp3) is 0.0870. The fourth-order valence-corrected chi connectivity index (χ4v) is 2.21. The number of nitriles is 2. The standard InChI is InChI=1S/C21H12N4O2.C2H6O/c22-13-15-6-11-20(17(12-15)14-23)25-24-18-7-9-19(10-8-18)27-21(26)16-4-2-1-3-5-16;1-3-2/h1-12H;1-2H3. The molecule has 0 heterocycles. The second kappa shape index (κ2) is 11.5. The van der Waals surface area contributed by atoms with E-state index in [1.54, 1.807) is 74.9 Å². The van der Waals surface area contributed by atoms with Gasteiger partial charge in [-0.2, -0.15) is 15.6 Å². The number of azo groups is 1. The van der Waals surface area contributed by atoms with Gasteiger partial charge in [0.25, 0.3) is 0 Å². The van der Waals surface area contributed by atoms with Crippen molar-refractivity contribution in [3.63, 3.8) is 0 Å². The Morgan fingerprint density at radius 3 is 2.13 bits per heavy atom. The maximum atomic E-state index is 12.0. The summed E-state index contributed by atoms with van der Waals surface area (Å²) in [5, 5.41) is 26.1. The lowest BCUT2D eigenvalue weighted by molar-refractivity contribution is 0.0735. The number of hydrogen-bond donors (Lipinski definition) is 0. The lowest BCUT2D eigenvalue weighted by atomic mass is 10.1. The number of rotatable bonds is 4. The summed E-state index contributed by atoms with van der Waals surface area (Å²) in [6.07, 6.45) is 0. The first-order chi connectivity index (χ1) is 14.6. The van der Waals surface area contributed by atoms with E-state index in [4.69, 9.17) is 15.3 Å². The first-order valence-electron chi connectivity index (χ1n) is 8.74. The largest absolute Gasteiger partial charge is 0.423 e. The Balaban J connectivity index is 0.00000101. The highest BCUT2D eigenvalue weighted by molar-refractivity contribution is 5.90. The molecule has 0 unspecified atom stereocenters. The predicted octanol–water partition coefficient (Wildman–Crippen LogP) is 5.33. The minimum atomic E-state index is -0.443. The summed E-state index contributed by atoms with van der Waals surface area (Å²) in [6.45, 7) is 0. The maximum absolute atomic E-state index is 12.0. The van der Waals surface area contributed by atoms with Crippen molar-refractivity contribution in [2.75, 3.05) is 14.2 Å². The number of methoxy groups -OCH3 is 1. The van der Waals surface area contributed by atoms with Crippen molar-refractivity contribution in [2.45, 2.75) is 0 Å². The molecule has 0 saturated heterocycles. The molecule has 0 aliphatic heterocycles. The van der Waals surface area contributed by atoms with Crippen LogP contribution in [0.4, 0.5) is 11.4 Å². The maximum Gasteiger partial charge on any atom is 0.343 e. The van der Waals surface area contributed by atoms with Gasteiger partial charge in [0.1, 0.15) is 17.5 Å². The first kappa shape index (κ1) is 22.0. The van der Waals surface area contributed by atoms with Crippen molar-refractivity contribution < 1.29 is 14.3 Å². The summed E-state index contributed by atoms with van der Waals surface area (Å²) >= 11 is 0. The lowest BCUT2D eigenvalue weighted by Gasteiger charge is -2.04. The zero-order valence-corrected chi connectivity index (χ0v) is 16.4. The van der Waals surface area contributed by atoms with Crippen molar-refractivity contribution >= 4 is 17.3 Å². The number of esters is 1. The molecule has 0 fully saturated rings. The van der Waals surface area contributed by atoms with Gasteiger partial charge in [-0.15, -0.1) is 5.11 Å². The molecule has 7 nitrogen and oxygen atoms in total. The van der Waals surface area contributed by atoms with Crippen LogP contribution in [0.25, 0.3) is 0 Å². The van der Waals surface area contributed by atoms with E-state index in [9.17, 15) is 4.79 Å². The van der Waals surface area contributed by atoms with Gasteiger partial charge in [-0.05, 0) is 54.6 Å². The van der Waals surface area contributed by atoms with Gasteiger partial charge in [0.2, 0.25) is 0 Å². The Morgan fingerprint density at radius 2 is 1.53 bits per heavy atom. The summed E-state index contributed by atoms with van der Waals surface area (Å²) < 4.78 is 9.55. The Hall–Kier alpha value is -4.33. The number of hydrogen-bond acceptors (Lipinski definition) is 7.